The number of alkyl halides is 1. The topological polar surface area (TPSA) is 46.5 Å². The van der Waals surface area contributed by atoms with Crippen LogP contribution in [0.3, 0.4) is 0 Å². The highest BCUT2D eigenvalue weighted by Crippen LogP contribution is 2.23. The minimum Gasteiger partial charge on any atom is -0.460 e. The summed E-state index contributed by atoms with van der Waals surface area (Å²) in [6.45, 7) is 2.35. The van der Waals surface area contributed by atoms with Crippen molar-refractivity contribution in [3.63, 3.8) is 0 Å². The highest BCUT2D eigenvalue weighted by molar-refractivity contribution is 5.78. The number of aliphatic hydroxyl groups excluding tert-OH is 1. The number of carbonyl (C=O) groups excluding carboxylic acids is 1. The maximum absolute atomic E-state index is 13.1. The second kappa shape index (κ2) is 4.26. The normalized spacial score (nSPS) is 28.6. The largest absolute Gasteiger partial charge is 0.460 e. The van der Waals surface area contributed by atoms with Crippen molar-refractivity contribution in [1.29, 1.82) is 0 Å². The Morgan fingerprint density at radius 1 is 1.50 bits per heavy atom. The first-order valence-corrected chi connectivity index (χ1v) is 4.97. The molecule has 0 aromatic carbocycles. The van der Waals surface area contributed by atoms with Crippen molar-refractivity contribution in [2.45, 2.75) is 57.4 Å². The van der Waals surface area contributed by atoms with E-state index in [2.05, 4.69) is 0 Å². The average molecular weight is 204 g/mol. The van der Waals surface area contributed by atoms with E-state index in [0.717, 1.165) is 19.3 Å². The van der Waals surface area contributed by atoms with Crippen LogP contribution >= 0.6 is 0 Å². The number of hydrogen-bond donors (Lipinski definition) is 1. The molecule has 0 aliphatic heterocycles. The van der Waals surface area contributed by atoms with Crippen molar-refractivity contribution in [2.24, 2.45) is 0 Å². The quantitative estimate of drug-likeness (QED) is 0.695. The van der Waals surface area contributed by atoms with Crippen LogP contribution in [0.4, 0.5) is 4.39 Å². The molecule has 3 nitrogen and oxygen atoms in total. The lowest BCUT2D eigenvalue weighted by Crippen LogP contribution is -2.35. The molecule has 2 unspecified atom stereocenters. The fourth-order valence-corrected chi connectivity index (χ4v) is 1.52. The van der Waals surface area contributed by atoms with Crippen LogP contribution in [0.25, 0.3) is 0 Å². The average Bonchev–Trinajstić information content (AvgIpc) is 2.02. The van der Waals surface area contributed by atoms with Gasteiger partial charge in [0.1, 0.15) is 6.10 Å². The van der Waals surface area contributed by atoms with Gasteiger partial charge in [0, 0.05) is 6.42 Å². The summed E-state index contributed by atoms with van der Waals surface area (Å²) in [5, 5.41) is 9.31. The van der Waals surface area contributed by atoms with Gasteiger partial charge >= 0.3 is 5.97 Å². The Morgan fingerprint density at radius 2 is 2.14 bits per heavy atom. The van der Waals surface area contributed by atoms with E-state index in [-0.39, 0.29) is 6.10 Å². The highest BCUT2D eigenvalue weighted by atomic mass is 19.1. The van der Waals surface area contributed by atoms with E-state index in [1.165, 1.54) is 13.8 Å². The molecular weight excluding hydrogens is 187 g/mol. The number of halogens is 1. The van der Waals surface area contributed by atoms with Crippen LogP contribution in [0.2, 0.25) is 0 Å². The Kier molecular flexibility index (Phi) is 3.48. The lowest BCUT2D eigenvalue weighted by atomic mass is 9.95. The molecule has 0 aromatic rings. The molecule has 1 fully saturated rings. The van der Waals surface area contributed by atoms with Crippen LogP contribution in [0, 0.1) is 0 Å². The zero-order valence-electron chi connectivity index (χ0n) is 8.62. The standard InChI is InChI=1S/C10H17FO3/c1-10(2,11)9(13)14-8-5-3-4-7(12)6-8/h7-8,12H,3-6H2,1-2H3. The second-order valence-corrected chi connectivity index (χ2v) is 4.32. The van der Waals surface area contributed by atoms with Gasteiger partial charge < -0.3 is 9.84 Å². The number of ether oxygens (including phenoxy) is 1. The minimum absolute atomic E-state index is 0.318. The van der Waals surface area contributed by atoms with Gasteiger partial charge in [0.25, 0.3) is 0 Å². The summed E-state index contributed by atoms with van der Waals surface area (Å²) in [6.07, 6.45) is 1.99. The van der Waals surface area contributed by atoms with Gasteiger partial charge in [-0.2, -0.15) is 0 Å². The van der Waals surface area contributed by atoms with Crippen molar-refractivity contribution in [1.82, 2.24) is 0 Å². The molecule has 0 aromatic heterocycles. The van der Waals surface area contributed by atoms with Crippen molar-refractivity contribution < 1.29 is 19.0 Å². The van der Waals surface area contributed by atoms with Crippen LogP contribution in [0.15, 0.2) is 0 Å². The molecule has 0 radical (unpaired) electrons. The van der Waals surface area contributed by atoms with Crippen LogP contribution in [0.5, 0.6) is 0 Å². The van der Waals surface area contributed by atoms with Gasteiger partial charge in [-0.05, 0) is 33.1 Å². The lowest BCUT2D eigenvalue weighted by molar-refractivity contribution is -0.164. The summed E-state index contributed by atoms with van der Waals surface area (Å²) < 4.78 is 18.0. The molecule has 1 aliphatic carbocycles. The van der Waals surface area contributed by atoms with Crippen LogP contribution in [-0.4, -0.2) is 29.0 Å². The van der Waals surface area contributed by atoms with Gasteiger partial charge in [-0.25, -0.2) is 9.18 Å². The summed E-state index contributed by atoms with van der Waals surface area (Å²) in [7, 11) is 0. The summed E-state index contributed by atoms with van der Waals surface area (Å²) in [5.74, 6) is -0.836. The molecule has 4 heteroatoms. The Bertz CT molecular complexity index is 210. The Balaban J connectivity index is 2.40. The molecule has 0 saturated heterocycles. The molecule has 1 rings (SSSR count). The molecule has 1 aliphatic rings. The van der Waals surface area contributed by atoms with Crippen molar-refractivity contribution >= 4 is 5.97 Å². The fraction of sp³-hybridized carbons (Fsp3) is 0.900. The molecule has 0 spiro atoms. The van der Waals surface area contributed by atoms with Crippen LogP contribution < -0.4 is 0 Å². The summed E-state index contributed by atoms with van der Waals surface area (Å²) >= 11 is 0. The SMILES string of the molecule is CC(C)(F)C(=O)OC1CCCC(O)C1. The zero-order valence-corrected chi connectivity index (χ0v) is 8.62. The zero-order chi connectivity index (χ0) is 10.8. The molecule has 2 atom stereocenters. The Morgan fingerprint density at radius 3 is 2.64 bits per heavy atom. The van der Waals surface area contributed by atoms with Crippen molar-refractivity contribution in [3.8, 4) is 0 Å². The van der Waals surface area contributed by atoms with E-state index in [9.17, 15) is 14.3 Å². The predicted octanol–water partition coefficient (Wildman–Crippen LogP) is 1.58. The number of aliphatic hydroxyl groups is 1. The third-order valence-corrected chi connectivity index (χ3v) is 2.36. The Hall–Kier alpha value is -0.640. The van der Waals surface area contributed by atoms with Crippen LogP contribution in [0.1, 0.15) is 39.5 Å². The summed E-state index contributed by atoms with van der Waals surface area (Å²) in [5.41, 5.74) is -1.94. The number of carbonyl (C=O) groups is 1. The molecule has 1 saturated carbocycles. The number of hydrogen-bond acceptors (Lipinski definition) is 3. The first-order chi connectivity index (χ1) is 6.39. The van der Waals surface area contributed by atoms with Crippen molar-refractivity contribution in [2.75, 3.05) is 0 Å². The van der Waals surface area contributed by atoms with E-state index >= 15 is 0 Å². The molecule has 0 amide bonds. The van der Waals surface area contributed by atoms with E-state index in [1.807, 2.05) is 0 Å². The maximum Gasteiger partial charge on any atom is 0.343 e. The van der Waals surface area contributed by atoms with Crippen LogP contribution in [-0.2, 0) is 9.53 Å². The van der Waals surface area contributed by atoms with Gasteiger partial charge in [0.15, 0.2) is 0 Å². The first-order valence-electron chi connectivity index (χ1n) is 4.97. The summed E-state index contributed by atoms with van der Waals surface area (Å²) in [4.78, 5) is 11.2. The highest BCUT2D eigenvalue weighted by Gasteiger charge is 2.32. The van der Waals surface area contributed by atoms with Gasteiger partial charge in [-0.3, -0.25) is 0 Å². The first kappa shape index (κ1) is 11.4. The van der Waals surface area contributed by atoms with Gasteiger partial charge in [-0.15, -0.1) is 0 Å². The third kappa shape index (κ3) is 3.25. The van der Waals surface area contributed by atoms with E-state index in [1.54, 1.807) is 0 Å². The Labute approximate surface area is 83.3 Å². The molecule has 0 bridgehead atoms. The monoisotopic (exact) mass is 204 g/mol. The van der Waals surface area contributed by atoms with E-state index in [4.69, 9.17) is 4.74 Å². The molecule has 82 valence electrons. The molecule has 1 N–H and O–H groups in total. The third-order valence-electron chi connectivity index (χ3n) is 2.36. The van der Waals surface area contributed by atoms with Crippen molar-refractivity contribution in [3.05, 3.63) is 0 Å². The molecule has 14 heavy (non-hydrogen) atoms. The predicted molar refractivity (Wildman–Crippen MR) is 49.5 cm³/mol. The fourth-order valence-electron chi connectivity index (χ4n) is 1.52. The maximum atomic E-state index is 13.1. The van der Waals surface area contributed by atoms with E-state index in [0.29, 0.717) is 6.42 Å². The van der Waals surface area contributed by atoms with E-state index < -0.39 is 17.7 Å². The van der Waals surface area contributed by atoms with Gasteiger partial charge in [-0.1, -0.05) is 0 Å². The summed E-state index contributed by atoms with van der Waals surface area (Å²) in [6, 6.07) is 0. The molecule has 0 heterocycles. The smallest absolute Gasteiger partial charge is 0.343 e. The number of rotatable bonds is 2. The van der Waals surface area contributed by atoms with Gasteiger partial charge in [0.2, 0.25) is 5.67 Å². The van der Waals surface area contributed by atoms with Gasteiger partial charge in [0.05, 0.1) is 6.10 Å². The minimum atomic E-state index is -1.94. The lowest BCUT2D eigenvalue weighted by Gasteiger charge is -2.27. The second-order valence-electron chi connectivity index (χ2n) is 4.32. The number of esters is 1. The molecular formula is C10H17FO3.